The maximum Gasteiger partial charge on any atom is 0.261 e. The van der Waals surface area contributed by atoms with Gasteiger partial charge in [-0.05, 0) is 38.1 Å². The Morgan fingerprint density at radius 3 is 2.57 bits per heavy atom. The molecule has 0 aliphatic heterocycles. The third kappa shape index (κ3) is 2.55. The zero-order valence-electron chi connectivity index (χ0n) is 11.7. The molecule has 0 aliphatic carbocycles. The van der Waals surface area contributed by atoms with Crippen LogP contribution >= 0.6 is 0 Å². The second-order valence-corrected chi connectivity index (χ2v) is 4.67. The van der Waals surface area contributed by atoms with Gasteiger partial charge in [0.05, 0.1) is 12.0 Å². The van der Waals surface area contributed by atoms with Gasteiger partial charge in [0.25, 0.3) is 5.91 Å². The van der Waals surface area contributed by atoms with E-state index in [1.54, 1.807) is 26.4 Å². The molecular weight excluding hydrogens is 268 g/mol. The average Bonchev–Trinajstić information content (AvgIpc) is 3.10. The number of nitrogens with one attached hydrogen (secondary N) is 1. The predicted octanol–water partition coefficient (Wildman–Crippen LogP) is 2.73. The maximum absolute atomic E-state index is 12.2. The molecule has 106 valence electrons. The predicted molar refractivity (Wildman–Crippen MR) is 77.5 cm³/mol. The number of aromatic nitrogens is 3. The summed E-state index contributed by atoms with van der Waals surface area (Å²) in [4.78, 5) is 16.2. The fourth-order valence-electron chi connectivity index (χ4n) is 2.13. The Kier molecular flexibility index (Phi) is 3.27. The van der Waals surface area contributed by atoms with Crippen LogP contribution in [0, 0.1) is 13.8 Å². The summed E-state index contributed by atoms with van der Waals surface area (Å²) in [6.45, 7) is 3.46. The molecule has 0 spiro atoms. The van der Waals surface area contributed by atoms with Crippen LogP contribution in [0.15, 0.2) is 47.5 Å². The third-order valence-electron chi connectivity index (χ3n) is 3.19. The van der Waals surface area contributed by atoms with Crippen molar-refractivity contribution in [3.8, 4) is 5.69 Å². The van der Waals surface area contributed by atoms with Crippen molar-refractivity contribution in [1.82, 2.24) is 14.7 Å². The summed E-state index contributed by atoms with van der Waals surface area (Å²) in [6, 6.07) is 7.49. The number of rotatable bonds is 3. The summed E-state index contributed by atoms with van der Waals surface area (Å²) in [5.74, 6) is 0.293. The van der Waals surface area contributed by atoms with E-state index >= 15 is 0 Å². The van der Waals surface area contributed by atoms with Gasteiger partial charge in [-0.15, -0.1) is 0 Å². The van der Waals surface area contributed by atoms with Crippen LogP contribution in [0.3, 0.4) is 0 Å². The van der Waals surface area contributed by atoms with Crippen molar-refractivity contribution in [2.24, 2.45) is 0 Å². The number of nitrogens with zero attached hydrogens (tertiary/aromatic N) is 3. The Bertz CT molecular complexity index is 738. The Balaban J connectivity index is 1.78. The highest BCUT2D eigenvalue weighted by Gasteiger charge is 2.17. The molecule has 2 heterocycles. The van der Waals surface area contributed by atoms with Crippen LogP contribution in [0.5, 0.6) is 0 Å². The lowest BCUT2D eigenvalue weighted by molar-refractivity contribution is 0.102. The highest BCUT2D eigenvalue weighted by molar-refractivity contribution is 6.05. The molecule has 1 N–H and O–H groups in total. The quantitative estimate of drug-likeness (QED) is 0.801. The summed E-state index contributed by atoms with van der Waals surface area (Å²) in [5.41, 5.74) is 2.75. The van der Waals surface area contributed by atoms with Crippen molar-refractivity contribution in [3.63, 3.8) is 0 Å². The van der Waals surface area contributed by atoms with E-state index in [9.17, 15) is 4.79 Å². The molecule has 0 bridgehead atoms. The summed E-state index contributed by atoms with van der Waals surface area (Å²) >= 11 is 0. The molecule has 3 rings (SSSR count). The van der Waals surface area contributed by atoms with E-state index in [0.29, 0.717) is 22.7 Å². The van der Waals surface area contributed by atoms with Gasteiger partial charge in [0.2, 0.25) is 0 Å². The molecule has 6 heteroatoms. The zero-order valence-corrected chi connectivity index (χ0v) is 11.7. The fraction of sp³-hybridized carbons (Fsp3) is 0.133. The fourth-order valence-corrected chi connectivity index (χ4v) is 2.13. The molecule has 0 saturated heterocycles. The van der Waals surface area contributed by atoms with Crippen molar-refractivity contribution < 1.29 is 9.32 Å². The van der Waals surface area contributed by atoms with Gasteiger partial charge in [0.15, 0.2) is 0 Å². The SMILES string of the molecule is Cc1noc(C)c1C(=O)Nc1ccc(-n2ccnc2)cc1. The molecule has 21 heavy (non-hydrogen) atoms. The summed E-state index contributed by atoms with van der Waals surface area (Å²) in [6.07, 6.45) is 5.29. The van der Waals surface area contributed by atoms with Crippen molar-refractivity contribution in [1.29, 1.82) is 0 Å². The Morgan fingerprint density at radius 2 is 2.00 bits per heavy atom. The van der Waals surface area contributed by atoms with Gasteiger partial charge in [-0.2, -0.15) is 0 Å². The van der Waals surface area contributed by atoms with Crippen molar-refractivity contribution in [3.05, 3.63) is 60.0 Å². The molecule has 0 radical (unpaired) electrons. The van der Waals surface area contributed by atoms with E-state index in [1.165, 1.54) is 0 Å². The average molecular weight is 282 g/mol. The molecule has 0 saturated carbocycles. The molecule has 0 aliphatic rings. The first-order chi connectivity index (χ1) is 10.1. The van der Waals surface area contributed by atoms with E-state index in [-0.39, 0.29) is 5.91 Å². The standard InChI is InChI=1S/C15H14N4O2/c1-10-14(11(2)21-18-10)15(20)17-12-3-5-13(6-4-12)19-8-7-16-9-19/h3-9H,1-2H3,(H,17,20). The topological polar surface area (TPSA) is 73.0 Å². The summed E-state index contributed by atoms with van der Waals surface area (Å²) in [5, 5.41) is 6.62. The van der Waals surface area contributed by atoms with Crippen LogP contribution in [-0.4, -0.2) is 20.6 Å². The minimum absolute atomic E-state index is 0.221. The van der Waals surface area contributed by atoms with Gasteiger partial charge in [-0.1, -0.05) is 5.16 Å². The molecule has 1 aromatic carbocycles. The Labute approximate surface area is 121 Å². The minimum Gasteiger partial charge on any atom is -0.361 e. The van der Waals surface area contributed by atoms with E-state index in [4.69, 9.17) is 4.52 Å². The van der Waals surface area contributed by atoms with Crippen molar-refractivity contribution >= 4 is 11.6 Å². The highest BCUT2D eigenvalue weighted by Crippen LogP contribution is 2.17. The highest BCUT2D eigenvalue weighted by atomic mass is 16.5. The molecule has 0 atom stereocenters. The smallest absolute Gasteiger partial charge is 0.261 e. The van der Waals surface area contributed by atoms with Crippen molar-refractivity contribution in [2.75, 3.05) is 5.32 Å². The number of imidazole rings is 1. The van der Waals surface area contributed by atoms with Gasteiger partial charge in [-0.3, -0.25) is 4.79 Å². The molecular formula is C15H14N4O2. The number of carbonyl (C=O) groups excluding carboxylic acids is 1. The molecule has 1 amide bonds. The molecule has 0 unspecified atom stereocenters. The largest absolute Gasteiger partial charge is 0.361 e. The molecule has 0 fully saturated rings. The van der Waals surface area contributed by atoms with Crippen LogP contribution in [-0.2, 0) is 0 Å². The number of carbonyl (C=O) groups is 1. The van der Waals surface area contributed by atoms with Crippen LogP contribution in [0.25, 0.3) is 5.69 Å². The van der Waals surface area contributed by atoms with Gasteiger partial charge < -0.3 is 14.4 Å². The minimum atomic E-state index is -0.221. The Hall–Kier alpha value is -2.89. The van der Waals surface area contributed by atoms with E-state index in [0.717, 1.165) is 5.69 Å². The summed E-state index contributed by atoms with van der Waals surface area (Å²) in [7, 11) is 0. The Morgan fingerprint density at radius 1 is 1.24 bits per heavy atom. The number of amides is 1. The lowest BCUT2D eigenvalue weighted by atomic mass is 10.2. The van der Waals surface area contributed by atoms with Gasteiger partial charge in [0, 0.05) is 23.8 Å². The lowest BCUT2D eigenvalue weighted by Crippen LogP contribution is -2.13. The second-order valence-electron chi connectivity index (χ2n) is 4.67. The van der Waals surface area contributed by atoms with Gasteiger partial charge in [0.1, 0.15) is 11.3 Å². The first-order valence-corrected chi connectivity index (χ1v) is 6.48. The normalized spacial score (nSPS) is 10.6. The molecule has 3 aromatic rings. The van der Waals surface area contributed by atoms with Crippen LogP contribution in [0.1, 0.15) is 21.8 Å². The zero-order chi connectivity index (χ0) is 14.8. The number of benzene rings is 1. The van der Waals surface area contributed by atoms with E-state index in [1.807, 2.05) is 35.0 Å². The van der Waals surface area contributed by atoms with Crippen molar-refractivity contribution in [2.45, 2.75) is 13.8 Å². The number of hydrogen-bond donors (Lipinski definition) is 1. The number of anilines is 1. The number of aryl methyl sites for hydroxylation is 2. The molecule has 6 nitrogen and oxygen atoms in total. The van der Waals surface area contributed by atoms with Crippen LogP contribution in [0.4, 0.5) is 5.69 Å². The van der Waals surface area contributed by atoms with E-state index in [2.05, 4.69) is 15.5 Å². The van der Waals surface area contributed by atoms with Crippen LogP contribution in [0.2, 0.25) is 0 Å². The first-order valence-electron chi connectivity index (χ1n) is 6.48. The monoisotopic (exact) mass is 282 g/mol. The second kappa shape index (κ2) is 5.24. The number of hydrogen-bond acceptors (Lipinski definition) is 4. The van der Waals surface area contributed by atoms with E-state index < -0.39 is 0 Å². The van der Waals surface area contributed by atoms with Gasteiger partial charge >= 0.3 is 0 Å². The third-order valence-corrected chi connectivity index (χ3v) is 3.19. The van der Waals surface area contributed by atoms with Crippen LogP contribution < -0.4 is 5.32 Å². The molecule has 2 aromatic heterocycles. The maximum atomic E-state index is 12.2. The summed E-state index contributed by atoms with van der Waals surface area (Å²) < 4.78 is 6.89. The first kappa shape index (κ1) is 13.1. The lowest BCUT2D eigenvalue weighted by Gasteiger charge is -2.06. The van der Waals surface area contributed by atoms with Gasteiger partial charge in [-0.25, -0.2) is 4.98 Å².